The highest BCUT2D eigenvalue weighted by Gasteiger charge is 2.42. The van der Waals surface area contributed by atoms with Crippen molar-refractivity contribution in [2.75, 3.05) is 13.1 Å². The predicted molar refractivity (Wildman–Crippen MR) is 69.2 cm³/mol. The molecule has 1 fully saturated rings. The van der Waals surface area contributed by atoms with E-state index in [1.165, 1.54) is 0 Å². The number of hydrogen-bond acceptors (Lipinski definition) is 3. The third-order valence-electron chi connectivity index (χ3n) is 3.36. The molecule has 1 amide bonds. The van der Waals surface area contributed by atoms with Crippen molar-refractivity contribution >= 4 is 11.9 Å². The largest absolute Gasteiger partial charge is 0.480 e. The molecule has 0 heterocycles. The van der Waals surface area contributed by atoms with Gasteiger partial charge in [-0.15, -0.1) is 6.58 Å². The molecule has 5 heteroatoms. The van der Waals surface area contributed by atoms with Gasteiger partial charge in [0.05, 0.1) is 6.54 Å². The first kappa shape index (κ1) is 14.7. The molecule has 0 aliphatic heterocycles. The third-order valence-corrected chi connectivity index (χ3v) is 3.36. The highest BCUT2D eigenvalue weighted by Crippen LogP contribution is 2.32. The summed E-state index contributed by atoms with van der Waals surface area (Å²) in [7, 11) is 0. The van der Waals surface area contributed by atoms with Gasteiger partial charge in [0.2, 0.25) is 5.91 Å². The van der Waals surface area contributed by atoms with Gasteiger partial charge < -0.3 is 15.7 Å². The van der Waals surface area contributed by atoms with E-state index < -0.39 is 11.5 Å². The van der Waals surface area contributed by atoms with Gasteiger partial charge in [-0.2, -0.15) is 0 Å². The van der Waals surface area contributed by atoms with Crippen molar-refractivity contribution < 1.29 is 14.7 Å². The Morgan fingerprint density at radius 1 is 1.56 bits per heavy atom. The zero-order valence-electron chi connectivity index (χ0n) is 10.9. The van der Waals surface area contributed by atoms with Crippen LogP contribution in [0.5, 0.6) is 0 Å². The molecule has 2 atom stereocenters. The minimum absolute atomic E-state index is 0.120. The lowest BCUT2D eigenvalue weighted by Crippen LogP contribution is -2.58. The summed E-state index contributed by atoms with van der Waals surface area (Å²) in [6, 6.07) is 0. The average molecular weight is 254 g/mol. The summed E-state index contributed by atoms with van der Waals surface area (Å²) in [4.78, 5) is 23.2. The van der Waals surface area contributed by atoms with Gasteiger partial charge in [0.25, 0.3) is 0 Å². The number of nitrogens with one attached hydrogen (secondary N) is 2. The molecule has 1 saturated carbocycles. The number of amides is 1. The first-order valence-electron chi connectivity index (χ1n) is 6.36. The van der Waals surface area contributed by atoms with Crippen LogP contribution in [-0.2, 0) is 9.59 Å². The van der Waals surface area contributed by atoms with Crippen LogP contribution in [0.4, 0.5) is 0 Å². The van der Waals surface area contributed by atoms with E-state index in [1.54, 1.807) is 6.08 Å². The molecule has 0 saturated heterocycles. The molecule has 3 N–H and O–H groups in total. The zero-order chi connectivity index (χ0) is 13.6. The van der Waals surface area contributed by atoms with E-state index in [9.17, 15) is 14.7 Å². The summed E-state index contributed by atoms with van der Waals surface area (Å²) in [5.41, 5.74) is -1.08. The second-order valence-electron chi connectivity index (χ2n) is 5.06. The number of carboxylic acid groups (broad SMARTS) is 1. The van der Waals surface area contributed by atoms with E-state index in [4.69, 9.17) is 0 Å². The van der Waals surface area contributed by atoms with E-state index in [0.29, 0.717) is 25.3 Å². The number of aliphatic carboxylic acids is 1. The maximum absolute atomic E-state index is 11.7. The Morgan fingerprint density at radius 2 is 2.28 bits per heavy atom. The third kappa shape index (κ3) is 3.84. The SMILES string of the molecule is C=CCNCC(=O)NC1(C(=O)O)CCCC(C)C1. The summed E-state index contributed by atoms with van der Waals surface area (Å²) < 4.78 is 0. The molecule has 102 valence electrons. The second kappa shape index (κ2) is 6.54. The van der Waals surface area contributed by atoms with Crippen molar-refractivity contribution in [3.8, 4) is 0 Å². The predicted octanol–water partition coefficient (Wildman–Crippen LogP) is 0.912. The fourth-order valence-electron chi connectivity index (χ4n) is 2.51. The fourth-order valence-corrected chi connectivity index (χ4v) is 2.51. The van der Waals surface area contributed by atoms with Gasteiger partial charge in [0.1, 0.15) is 5.54 Å². The number of carbonyl (C=O) groups excluding carboxylic acids is 1. The molecular formula is C13H22N2O3. The van der Waals surface area contributed by atoms with E-state index in [0.717, 1.165) is 12.8 Å². The van der Waals surface area contributed by atoms with Gasteiger partial charge in [0.15, 0.2) is 0 Å². The molecule has 0 bridgehead atoms. The van der Waals surface area contributed by atoms with Crippen LogP contribution in [0.3, 0.4) is 0 Å². The van der Waals surface area contributed by atoms with Crippen molar-refractivity contribution in [3.63, 3.8) is 0 Å². The van der Waals surface area contributed by atoms with Crippen LogP contribution in [0, 0.1) is 5.92 Å². The Balaban J connectivity index is 2.59. The van der Waals surface area contributed by atoms with Gasteiger partial charge >= 0.3 is 5.97 Å². The fraction of sp³-hybridized carbons (Fsp3) is 0.692. The molecule has 1 aliphatic rings. The monoisotopic (exact) mass is 254 g/mol. The number of carbonyl (C=O) groups is 2. The molecule has 0 aromatic carbocycles. The second-order valence-corrected chi connectivity index (χ2v) is 5.06. The van der Waals surface area contributed by atoms with E-state index in [1.807, 2.05) is 6.92 Å². The molecule has 18 heavy (non-hydrogen) atoms. The summed E-state index contributed by atoms with van der Waals surface area (Å²) in [5, 5.41) is 14.9. The molecule has 0 aromatic heterocycles. The zero-order valence-corrected chi connectivity index (χ0v) is 10.9. The summed E-state index contributed by atoms with van der Waals surface area (Å²) in [5.74, 6) is -0.865. The molecule has 0 aromatic rings. The van der Waals surface area contributed by atoms with Crippen molar-refractivity contribution in [1.82, 2.24) is 10.6 Å². The van der Waals surface area contributed by atoms with E-state index >= 15 is 0 Å². The Hall–Kier alpha value is -1.36. The Kier molecular flexibility index (Phi) is 5.34. The first-order chi connectivity index (χ1) is 8.50. The van der Waals surface area contributed by atoms with Crippen LogP contribution in [0.25, 0.3) is 0 Å². The van der Waals surface area contributed by atoms with Crippen molar-refractivity contribution in [2.24, 2.45) is 5.92 Å². The lowest BCUT2D eigenvalue weighted by Gasteiger charge is -2.37. The Labute approximate surface area is 108 Å². The van der Waals surface area contributed by atoms with Crippen LogP contribution in [-0.4, -0.2) is 35.6 Å². The van der Waals surface area contributed by atoms with Gasteiger partial charge in [-0.3, -0.25) is 4.79 Å². The Morgan fingerprint density at radius 3 is 2.83 bits per heavy atom. The average Bonchev–Trinajstić information content (AvgIpc) is 2.29. The van der Waals surface area contributed by atoms with Crippen LogP contribution in [0.15, 0.2) is 12.7 Å². The lowest BCUT2D eigenvalue weighted by atomic mass is 9.76. The van der Waals surface area contributed by atoms with Crippen LogP contribution < -0.4 is 10.6 Å². The smallest absolute Gasteiger partial charge is 0.329 e. The molecule has 5 nitrogen and oxygen atoms in total. The van der Waals surface area contributed by atoms with Crippen molar-refractivity contribution in [2.45, 2.75) is 38.1 Å². The number of hydrogen-bond donors (Lipinski definition) is 3. The van der Waals surface area contributed by atoms with Crippen LogP contribution >= 0.6 is 0 Å². The van der Waals surface area contributed by atoms with Gasteiger partial charge in [-0.1, -0.05) is 25.8 Å². The molecule has 2 unspecified atom stereocenters. The van der Waals surface area contributed by atoms with Crippen molar-refractivity contribution in [3.05, 3.63) is 12.7 Å². The number of carboxylic acids is 1. The molecule has 0 spiro atoms. The normalized spacial score (nSPS) is 27.5. The highest BCUT2D eigenvalue weighted by atomic mass is 16.4. The minimum atomic E-state index is -1.08. The molecule has 1 aliphatic carbocycles. The molecule has 1 rings (SSSR count). The maximum atomic E-state index is 11.7. The lowest BCUT2D eigenvalue weighted by molar-refractivity contribution is -0.149. The van der Waals surface area contributed by atoms with E-state index in [2.05, 4.69) is 17.2 Å². The maximum Gasteiger partial charge on any atom is 0.329 e. The molecular weight excluding hydrogens is 232 g/mol. The highest BCUT2D eigenvalue weighted by molar-refractivity contribution is 5.88. The topological polar surface area (TPSA) is 78.4 Å². The van der Waals surface area contributed by atoms with E-state index in [-0.39, 0.29) is 12.5 Å². The number of rotatable bonds is 6. The summed E-state index contributed by atoms with van der Waals surface area (Å²) in [6.07, 6.45) is 4.55. The molecule has 0 radical (unpaired) electrons. The minimum Gasteiger partial charge on any atom is -0.480 e. The summed E-state index contributed by atoms with van der Waals surface area (Å²) >= 11 is 0. The van der Waals surface area contributed by atoms with Crippen LogP contribution in [0.2, 0.25) is 0 Å². The quantitative estimate of drug-likeness (QED) is 0.486. The van der Waals surface area contributed by atoms with Gasteiger partial charge in [-0.25, -0.2) is 4.79 Å². The standard InChI is InChI=1S/C13H22N2O3/c1-3-7-14-9-11(16)15-13(12(17)18)6-4-5-10(2)8-13/h3,10,14H,1,4-9H2,2H3,(H,15,16)(H,17,18). The van der Waals surface area contributed by atoms with Crippen LogP contribution in [0.1, 0.15) is 32.6 Å². The van der Waals surface area contributed by atoms with Gasteiger partial charge in [-0.05, 0) is 18.8 Å². The summed E-state index contributed by atoms with van der Waals surface area (Å²) in [6.45, 7) is 6.22. The first-order valence-corrected chi connectivity index (χ1v) is 6.36. The Bertz CT molecular complexity index is 330. The van der Waals surface area contributed by atoms with Crippen molar-refractivity contribution in [1.29, 1.82) is 0 Å². The van der Waals surface area contributed by atoms with Gasteiger partial charge in [0, 0.05) is 6.54 Å².